The molecular weight excluding hydrogens is 272 g/mol. The summed E-state index contributed by atoms with van der Waals surface area (Å²) in [6.07, 6.45) is 3.67. The van der Waals surface area contributed by atoms with Gasteiger partial charge in [-0.25, -0.2) is 0 Å². The highest BCUT2D eigenvalue weighted by atomic mass is 16.3. The zero-order valence-corrected chi connectivity index (χ0v) is 13.6. The lowest BCUT2D eigenvalue weighted by molar-refractivity contribution is 0.128. The van der Waals surface area contributed by atoms with Crippen molar-refractivity contribution in [2.24, 2.45) is 0 Å². The second-order valence-electron chi connectivity index (χ2n) is 5.89. The lowest BCUT2D eigenvalue weighted by atomic mass is 10.1. The molecule has 3 nitrogen and oxygen atoms in total. The molecule has 0 unspecified atom stereocenters. The SMILES string of the molecule is C=CCN(Cc1cccn1Cc1ccccc1C)C[C@@H](C)O. The summed E-state index contributed by atoms with van der Waals surface area (Å²) in [5, 5.41) is 9.64. The normalized spacial score (nSPS) is 12.5. The van der Waals surface area contributed by atoms with Gasteiger partial charge < -0.3 is 9.67 Å². The third kappa shape index (κ3) is 4.58. The van der Waals surface area contributed by atoms with Crippen molar-refractivity contribution in [1.82, 2.24) is 9.47 Å². The summed E-state index contributed by atoms with van der Waals surface area (Å²) < 4.78 is 2.28. The molecule has 0 saturated heterocycles. The van der Waals surface area contributed by atoms with E-state index in [4.69, 9.17) is 0 Å². The fourth-order valence-electron chi connectivity index (χ4n) is 2.71. The number of aromatic nitrogens is 1. The summed E-state index contributed by atoms with van der Waals surface area (Å²) in [5.41, 5.74) is 3.91. The monoisotopic (exact) mass is 298 g/mol. The molecule has 1 N–H and O–H groups in total. The number of aliphatic hydroxyl groups is 1. The fourth-order valence-corrected chi connectivity index (χ4v) is 2.71. The molecule has 1 atom stereocenters. The minimum absolute atomic E-state index is 0.334. The molecule has 0 amide bonds. The third-order valence-electron chi connectivity index (χ3n) is 3.82. The van der Waals surface area contributed by atoms with Crippen LogP contribution in [0.4, 0.5) is 0 Å². The first kappa shape index (κ1) is 16.5. The van der Waals surface area contributed by atoms with E-state index in [-0.39, 0.29) is 6.10 Å². The van der Waals surface area contributed by atoms with E-state index in [2.05, 4.69) is 65.6 Å². The van der Waals surface area contributed by atoms with Crippen LogP contribution in [-0.2, 0) is 13.1 Å². The zero-order valence-electron chi connectivity index (χ0n) is 13.6. The van der Waals surface area contributed by atoms with Gasteiger partial charge in [0.15, 0.2) is 0 Å². The minimum Gasteiger partial charge on any atom is -0.392 e. The van der Waals surface area contributed by atoms with Crippen LogP contribution in [0.25, 0.3) is 0 Å². The number of nitrogens with zero attached hydrogens (tertiary/aromatic N) is 2. The van der Waals surface area contributed by atoms with Crippen molar-refractivity contribution in [3.63, 3.8) is 0 Å². The lowest BCUT2D eigenvalue weighted by Gasteiger charge is -2.23. The maximum absolute atomic E-state index is 9.64. The Kier molecular flexibility index (Phi) is 5.99. The Labute approximate surface area is 133 Å². The molecule has 0 saturated carbocycles. The van der Waals surface area contributed by atoms with Crippen molar-refractivity contribution in [3.8, 4) is 0 Å². The van der Waals surface area contributed by atoms with E-state index in [1.54, 1.807) is 0 Å². The standard InChI is InChI=1S/C19H26N2O/c1-4-11-20(13-17(3)22)15-19-10-7-12-21(19)14-18-9-6-5-8-16(18)2/h4-10,12,17,22H,1,11,13-15H2,2-3H3/t17-/m1/s1. The highest BCUT2D eigenvalue weighted by molar-refractivity contribution is 5.26. The van der Waals surface area contributed by atoms with Gasteiger partial charge in [0, 0.05) is 38.1 Å². The highest BCUT2D eigenvalue weighted by Crippen LogP contribution is 2.13. The molecule has 2 rings (SSSR count). The van der Waals surface area contributed by atoms with E-state index < -0.39 is 0 Å². The first-order valence-corrected chi connectivity index (χ1v) is 7.80. The number of aryl methyl sites for hydroxylation is 1. The summed E-state index contributed by atoms with van der Waals surface area (Å²) >= 11 is 0. The van der Waals surface area contributed by atoms with E-state index in [9.17, 15) is 5.11 Å². The Hall–Kier alpha value is -1.84. The molecule has 0 bridgehead atoms. The number of aliphatic hydroxyl groups excluding tert-OH is 1. The fraction of sp³-hybridized carbons (Fsp3) is 0.368. The molecule has 0 fully saturated rings. The van der Waals surface area contributed by atoms with Gasteiger partial charge in [-0.05, 0) is 37.1 Å². The van der Waals surface area contributed by atoms with E-state index in [0.717, 1.165) is 19.6 Å². The maximum Gasteiger partial charge on any atom is 0.0639 e. The summed E-state index contributed by atoms with van der Waals surface area (Å²) in [5.74, 6) is 0. The Bertz CT molecular complexity index is 601. The summed E-state index contributed by atoms with van der Waals surface area (Å²) in [7, 11) is 0. The quantitative estimate of drug-likeness (QED) is 0.758. The second-order valence-corrected chi connectivity index (χ2v) is 5.89. The largest absolute Gasteiger partial charge is 0.392 e. The predicted molar refractivity (Wildman–Crippen MR) is 91.9 cm³/mol. The molecule has 0 spiro atoms. The van der Waals surface area contributed by atoms with Gasteiger partial charge >= 0.3 is 0 Å². The Morgan fingerprint density at radius 3 is 2.73 bits per heavy atom. The van der Waals surface area contributed by atoms with Crippen LogP contribution in [0.5, 0.6) is 0 Å². The molecule has 0 aliphatic rings. The Balaban J connectivity index is 2.11. The molecule has 22 heavy (non-hydrogen) atoms. The van der Waals surface area contributed by atoms with Crippen molar-refractivity contribution >= 4 is 0 Å². The van der Waals surface area contributed by atoms with Crippen LogP contribution in [0.15, 0.2) is 55.3 Å². The molecule has 1 heterocycles. The van der Waals surface area contributed by atoms with Crippen LogP contribution in [0.2, 0.25) is 0 Å². The third-order valence-corrected chi connectivity index (χ3v) is 3.82. The summed E-state index contributed by atoms with van der Waals surface area (Å²) in [6, 6.07) is 12.7. The van der Waals surface area contributed by atoms with E-state index in [1.165, 1.54) is 16.8 Å². The van der Waals surface area contributed by atoms with Crippen molar-refractivity contribution in [3.05, 3.63) is 72.1 Å². The van der Waals surface area contributed by atoms with E-state index >= 15 is 0 Å². The van der Waals surface area contributed by atoms with Gasteiger partial charge in [0.05, 0.1) is 6.10 Å². The number of benzene rings is 1. The van der Waals surface area contributed by atoms with Crippen molar-refractivity contribution in [1.29, 1.82) is 0 Å². The Morgan fingerprint density at radius 1 is 1.27 bits per heavy atom. The van der Waals surface area contributed by atoms with Gasteiger partial charge in [0.2, 0.25) is 0 Å². The molecule has 3 heteroatoms. The summed E-state index contributed by atoms with van der Waals surface area (Å²) in [4.78, 5) is 2.21. The molecule has 118 valence electrons. The predicted octanol–water partition coefficient (Wildman–Crippen LogP) is 3.21. The number of rotatable bonds is 8. The van der Waals surface area contributed by atoms with Gasteiger partial charge in [-0.1, -0.05) is 30.3 Å². The van der Waals surface area contributed by atoms with Gasteiger partial charge in [-0.2, -0.15) is 0 Å². The van der Waals surface area contributed by atoms with Crippen LogP contribution in [0.3, 0.4) is 0 Å². The van der Waals surface area contributed by atoms with Gasteiger partial charge in [-0.15, -0.1) is 6.58 Å². The average molecular weight is 298 g/mol. The topological polar surface area (TPSA) is 28.4 Å². The van der Waals surface area contributed by atoms with Crippen LogP contribution < -0.4 is 0 Å². The van der Waals surface area contributed by atoms with Gasteiger partial charge in [-0.3, -0.25) is 4.90 Å². The number of hydrogen-bond acceptors (Lipinski definition) is 2. The van der Waals surface area contributed by atoms with Crippen LogP contribution >= 0.6 is 0 Å². The highest BCUT2D eigenvalue weighted by Gasteiger charge is 2.11. The molecule has 1 aromatic carbocycles. The van der Waals surface area contributed by atoms with E-state index in [1.807, 2.05) is 13.0 Å². The van der Waals surface area contributed by atoms with Crippen LogP contribution in [0, 0.1) is 6.92 Å². The van der Waals surface area contributed by atoms with Gasteiger partial charge in [0.25, 0.3) is 0 Å². The minimum atomic E-state index is -0.334. The smallest absolute Gasteiger partial charge is 0.0639 e. The molecule has 0 aliphatic heterocycles. The van der Waals surface area contributed by atoms with E-state index in [0.29, 0.717) is 6.54 Å². The molecule has 0 aliphatic carbocycles. The first-order chi connectivity index (χ1) is 10.6. The van der Waals surface area contributed by atoms with Crippen molar-refractivity contribution in [2.75, 3.05) is 13.1 Å². The van der Waals surface area contributed by atoms with Gasteiger partial charge in [0.1, 0.15) is 0 Å². The molecular formula is C19H26N2O. The average Bonchev–Trinajstić information content (AvgIpc) is 2.88. The molecule has 1 aromatic heterocycles. The first-order valence-electron chi connectivity index (χ1n) is 7.80. The van der Waals surface area contributed by atoms with Crippen LogP contribution in [-0.4, -0.2) is 33.8 Å². The van der Waals surface area contributed by atoms with Crippen molar-refractivity contribution < 1.29 is 5.11 Å². The second kappa shape index (κ2) is 7.97. The lowest BCUT2D eigenvalue weighted by Crippen LogP contribution is -2.31. The number of hydrogen-bond donors (Lipinski definition) is 1. The molecule has 0 radical (unpaired) electrons. The zero-order chi connectivity index (χ0) is 15.9. The van der Waals surface area contributed by atoms with Crippen molar-refractivity contribution in [2.45, 2.75) is 33.0 Å². The summed E-state index contributed by atoms with van der Waals surface area (Å²) in [6.45, 7) is 10.9. The van der Waals surface area contributed by atoms with Crippen LogP contribution in [0.1, 0.15) is 23.7 Å². The molecule has 2 aromatic rings. The Morgan fingerprint density at radius 2 is 2.05 bits per heavy atom. The maximum atomic E-state index is 9.64.